The van der Waals surface area contributed by atoms with Gasteiger partial charge in [-0.15, -0.1) is 0 Å². The summed E-state index contributed by atoms with van der Waals surface area (Å²) in [6.07, 6.45) is 7.94. The predicted molar refractivity (Wildman–Crippen MR) is 98.6 cm³/mol. The number of benzene rings is 1. The van der Waals surface area contributed by atoms with E-state index < -0.39 is 0 Å². The van der Waals surface area contributed by atoms with Gasteiger partial charge in [-0.3, -0.25) is 4.79 Å². The molecule has 0 saturated heterocycles. The van der Waals surface area contributed by atoms with Crippen LogP contribution in [0, 0.1) is 0 Å². The van der Waals surface area contributed by atoms with Crippen molar-refractivity contribution in [2.24, 2.45) is 0 Å². The molecule has 7 nitrogen and oxygen atoms in total. The van der Waals surface area contributed by atoms with Crippen LogP contribution in [-0.4, -0.2) is 36.1 Å². The number of nitrogens with zero attached hydrogens (tertiary/aromatic N) is 2. The first-order chi connectivity index (χ1) is 12.7. The number of methoxy groups -OCH3 is 2. The predicted octanol–water partition coefficient (Wildman–Crippen LogP) is 2.78. The van der Waals surface area contributed by atoms with Crippen molar-refractivity contribution < 1.29 is 14.3 Å². The Balaban J connectivity index is 1.56. The van der Waals surface area contributed by atoms with Gasteiger partial charge in [0.25, 0.3) is 5.91 Å². The molecule has 0 radical (unpaired) electrons. The first kappa shape index (κ1) is 18.0. The fourth-order valence-electron chi connectivity index (χ4n) is 3.06. The number of carbonyl (C=O) groups is 1. The molecule has 0 aliphatic heterocycles. The lowest BCUT2D eigenvalue weighted by molar-refractivity contribution is 0.0945. The molecule has 2 aromatic rings. The second-order valence-corrected chi connectivity index (χ2v) is 6.28. The van der Waals surface area contributed by atoms with E-state index in [9.17, 15) is 4.79 Å². The van der Waals surface area contributed by atoms with E-state index in [4.69, 9.17) is 9.47 Å². The fourth-order valence-corrected chi connectivity index (χ4v) is 3.06. The largest absolute Gasteiger partial charge is 0.493 e. The number of nitrogens with one attached hydrogen (secondary N) is 2. The van der Waals surface area contributed by atoms with Gasteiger partial charge in [-0.25, -0.2) is 9.97 Å². The molecule has 138 valence electrons. The number of ether oxygens (including phenoxy) is 2. The van der Waals surface area contributed by atoms with Gasteiger partial charge in [0.2, 0.25) is 0 Å². The van der Waals surface area contributed by atoms with Gasteiger partial charge in [-0.2, -0.15) is 0 Å². The van der Waals surface area contributed by atoms with Crippen LogP contribution >= 0.6 is 0 Å². The average Bonchev–Trinajstić information content (AvgIpc) is 3.19. The first-order valence-corrected chi connectivity index (χ1v) is 8.77. The summed E-state index contributed by atoms with van der Waals surface area (Å²) in [5.41, 5.74) is 1.20. The third-order valence-corrected chi connectivity index (χ3v) is 4.49. The summed E-state index contributed by atoms with van der Waals surface area (Å²) >= 11 is 0. The van der Waals surface area contributed by atoms with Gasteiger partial charge in [0.05, 0.1) is 26.6 Å². The molecular formula is C19H24N4O3. The molecule has 1 aliphatic carbocycles. The van der Waals surface area contributed by atoms with Crippen LogP contribution in [0.25, 0.3) is 0 Å². The van der Waals surface area contributed by atoms with Crippen molar-refractivity contribution in [3.05, 3.63) is 41.9 Å². The maximum Gasteiger partial charge on any atom is 0.271 e. The van der Waals surface area contributed by atoms with Gasteiger partial charge in [-0.1, -0.05) is 18.9 Å². The van der Waals surface area contributed by atoms with Crippen LogP contribution in [0.3, 0.4) is 0 Å². The Kier molecular flexibility index (Phi) is 5.88. The lowest BCUT2D eigenvalue weighted by Gasteiger charge is -2.12. The molecule has 3 rings (SSSR count). The summed E-state index contributed by atoms with van der Waals surface area (Å²) in [6, 6.07) is 5.99. The van der Waals surface area contributed by atoms with Gasteiger partial charge in [-0.05, 0) is 30.5 Å². The molecule has 1 aromatic heterocycles. The van der Waals surface area contributed by atoms with E-state index in [2.05, 4.69) is 20.6 Å². The standard InChI is InChI=1S/C19H24N4O3/c1-25-16-8-7-13(9-17(16)26-2)10-22-19(24)15-11-21-18(12-20-15)23-14-5-3-4-6-14/h7-9,11-12,14H,3-6,10H2,1-2H3,(H,21,23)(H,22,24). The van der Waals surface area contributed by atoms with E-state index in [1.165, 1.54) is 19.0 Å². The van der Waals surface area contributed by atoms with E-state index in [1.807, 2.05) is 18.2 Å². The van der Waals surface area contributed by atoms with Gasteiger partial charge in [0, 0.05) is 12.6 Å². The molecule has 0 unspecified atom stereocenters. The Hall–Kier alpha value is -2.83. The van der Waals surface area contributed by atoms with Crippen molar-refractivity contribution >= 4 is 11.7 Å². The summed E-state index contributed by atoms with van der Waals surface area (Å²) < 4.78 is 10.5. The normalized spacial score (nSPS) is 14.1. The average molecular weight is 356 g/mol. The van der Waals surface area contributed by atoms with Crippen molar-refractivity contribution in [3.8, 4) is 11.5 Å². The number of hydrogen-bond acceptors (Lipinski definition) is 6. The van der Waals surface area contributed by atoms with Gasteiger partial charge in [0.15, 0.2) is 11.5 Å². The quantitative estimate of drug-likeness (QED) is 0.793. The van der Waals surface area contributed by atoms with E-state index in [-0.39, 0.29) is 5.91 Å². The molecule has 1 saturated carbocycles. The number of amides is 1. The molecular weight excluding hydrogens is 332 g/mol. The minimum atomic E-state index is -0.264. The molecule has 1 aliphatic rings. The SMILES string of the molecule is COc1ccc(CNC(=O)c2cnc(NC3CCCC3)cn2)cc1OC. The van der Waals surface area contributed by atoms with Gasteiger partial charge in [0.1, 0.15) is 11.5 Å². The molecule has 1 aromatic carbocycles. The van der Waals surface area contributed by atoms with Crippen LogP contribution in [-0.2, 0) is 6.54 Å². The Morgan fingerprint density at radius 1 is 1.12 bits per heavy atom. The summed E-state index contributed by atoms with van der Waals surface area (Å²) in [5, 5.41) is 6.20. The molecule has 0 atom stereocenters. The fraction of sp³-hybridized carbons (Fsp3) is 0.421. The molecule has 0 bridgehead atoms. The Bertz CT molecular complexity index is 743. The smallest absolute Gasteiger partial charge is 0.271 e. The van der Waals surface area contributed by atoms with Crippen molar-refractivity contribution in [1.29, 1.82) is 0 Å². The summed E-state index contributed by atoms with van der Waals surface area (Å²) in [5.74, 6) is 1.73. The lowest BCUT2D eigenvalue weighted by Crippen LogP contribution is -2.24. The van der Waals surface area contributed by atoms with Crippen LogP contribution in [0.5, 0.6) is 11.5 Å². The summed E-state index contributed by atoms with van der Waals surface area (Å²) in [4.78, 5) is 20.8. The maximum absolute atomic E-state index is 12.3. The van der Waals surface area contributed by atoms with Gasteiger partial charge < -0.3 is 20.1 Å². The number of aromatic nitrogens is 2. The minimum Gasteiger partial charge on any atom is -0.493 e. The second-order valence-electron chi connectivity index (χ2n) is 6.28. The van der Waals surface area contributed by atoms with Crippen LogP contribution in [0.2, 0.25) is 0 Å². The van der Waals surface area contributed by atoms with E-state index in [0.29, 0.717) is 35.6 Å². The third-order valence-electron chi connectivity index (χ3n) is 4.49. The molecule has 26 heavy (non-hydrogen) atoms. The monoisotopic (exact) mass is 356 g/mol. The first-order valence-electron chi connectivity index (χ1n) is 8.77. The second kappa shape index (κ2) is 8.51. The topological polar surface area (TPSA) is 85.4 Å². The van der Waals surface area contributed by atoms with Crippen LogP contribution in [0.4, 0.5) is 5.82 Å². The maximum atomic E-state index is 12.3. The zero-order valence-corrected chi connectivity index (χ0v) is 15.1. The van der Waals surface area contributed by atoms with Crippen LogP contribution in [0.15, 0.2) is 30.6 Å². The van der Waals surface area contributed by atoms with Crippen LogP contribution < -0.4 is 20.1 Å². The number of hydrogen-bond donors (Lipinski definition) is 2. The van der Waals surface area contributed by atoms with Crippen molar-refractivity contribution in [2.75, 3.05) is 19.5 Å². The zero-order valence-electron chi connectivity index (χ0n) is 15.1. The lowest BCUT2D eigenvalue weighted by atomic mass is 10.2. The summed E-state index contributed by atoms with van der Waals surface area (Å²) in [6.45, 7) is 0.364. The molecule has 0 spiro atoms. The number of rotatable bonds is 7. The Labute approximate surface area is 153 Å². The molecule has 7 heteroatoms. The molecule has 1 fully saturated rings. The zero-order chi connectivity index (χ0) is 18.4. The van der Waals surface area contributed by atoms with Crippen molar-refractivity contribution in [1.82, 2.24) is 15.3 Å². The number of carbonyl (C=O) groups excluding carboxylic acids is 1. The molecule has 1 amide bonds. The molecule has 1 heterocycles. The highest BCUT2D eigenvalue weighted by Gasteiger charge is 2.15. The van der Waals surface area contributed by atoms with E-state index in [0.717, 1.165) is 18.4 Å². The molecule has 2 N–H and O–H groups in total. The van der Waals surface area contributed by atoms with Crippen molar-refractivity contribution in [3.63, 3.8) is 0 Å². The minimum absolute atomic E-state index is 0.264. The van der Waals surface area contributed by atoms with Crippen LogP contribution in [0.1, 0.15) is 41.7 Å². The van der Waals surface area contributed by atoms with Crippen molar-refractivity contribution in [2.45, 2.75) is 38.3 Å². The highest BCUT2D eigenvalue weighted by atomic mass is 16.5. The Morgan fingerprint density at radius 3 is 2.54 bits per heavy atom. The summed E-state index contributed by atoms with van der Waals surface area (Å²) in [7, 11) is 3.17. The highest BCUT2D eigenvalue weighted by Crippen LogP contribution is 2.27. The van der Waals surface area contributed by atoms with Gasteiger partial charge >= 0.3 is 0 Å². The Morgan fingerprint density at radius 2 is 1.88 bits per heavy atom. The third kappa shape index (κ3) is 4.41. The van der Waals surface area contributed by atoms with E-state index in [1.54, 1.807) is 20.4 Å². The van der Waals surface area contributed by atoms with E-state index >= 15 is 0 Å². The highest BCUT2D eigenvalue weighted by molar-refractivity contribution is 5.91. The number of anilines is 1.